The Morgan fingerprint density at radius 1 is 0.733 bits per heavy atom. The van der Waals surface area contributed by atoms with Gasteiger partial charge in [0.05, 0.1) is 6.26 Å². The summed E-state index contributed by atoms with van der Waals surface area (Å²) in [4.78, 5) is 0. The van der Waals surface area contributed by atoms with Gasteiger partial charge in [-0.05, 0) is 17.4 Å². The first-order valence-electron chi connectivity index (χ1n) is 4.96. The first-order chi connectivity index (χ1) is 7.43. The van der Waals surface area contributed by atoms with Gasteiger partial charge in [0.1, 0.15) is 5.75 Å². The molecule has 0 saturated heterocycles. The smallest absolute Gasteiger partial charge is 0.133 e. The highest BCUT2D eigenvalue weighted by Crippen LogP contribution is 2.19. The second kappa shape index (κ2) is 3.28. The van der Waals surface area contributed by atoms with E-state index in [-0.39, 0.29) is 0 Å². The monoisotopic (exact) mass is 194 g/mol. The lowest BCUT2D eigenvalue weighted by Gasteiger charge is -2.01. The van der Waals surface area contributed by atoms with Gasteiger partial charge in [0, 0.05) is 10.8 Å². The minimum absolute atomic E-state index is 0.911. The van der Waals surface area contributed by atoms with Crippen LogP contribution in [0.4, 0.5) is 0 Å². The van der Waals surface area contributed by atoms with Crippen molar-refractivity contribution in [2.45, 2.75) is 0 Å². The fraction of sp³-hybridized carbons (Fsp3) is 0. The van der Waals surface area contributed by atoms with Gasteiger partial charge in [-0.25, -0.2) is 0 Å². The number of rotatable bonds is 0. The zero-order valence-corrected chi connectivity index (χ0v) is 8.18. The first kappa shape index (κ1) is 8.30. The second-order valence-electron chi connectivity index (χ2n) is 3.55. The van der Waals surface area contributed by atoms with Crippen LogP contribution >= 0.6 is 0 Å². The number of fused-ring (bicyclic) bond motifs is 2. The topological polar surface area (TPSA) is 9.23 Å². The van der Waals surface area contributed by atoms with Crippen molar-refractivity contribution >= 4 is 12.3 Å². The van der Waals surface area contributed by atoms with Gasteiger partial charge in [-0.2, -0.15) is 0 Å². The van der Waals surface area contributed by atoms with Crippen molar-refractivity contribution in [1.29, 1.82) is 0 Å². The number of ether oxygens (including phenoxy) is 1. The molecule has 1 heterocycles. The summed E-state index contributed by atoms with van der Waals surface area (Å²) in [5.41, 5.74) is 1.12. The van der Waals surface area contributed by atoms with Gasteiger partial charge in [-0.1, -0.05) is 42.5 Å². The zero-order chi connectivity index (χ0) is 10.1. The molecule has 0 aliphatic carbocycles. The van der Waals surface area contributed by atoms with E-state index >= 15 is 0 Å². The van der Waals surface area contributed by atoms with E-state index in [9.17, 15) is 0 Å². The maximum Gasteiger partial charge on any atom is 0.133 e. The molecule has 2 aromatic carbocycles. The number of hydrogen-bond acceptors (Lipinski definition) is 1. The van der Waals surface area contributed by atoms with Crippen LogP contribution in [-0.4, -0.2) is 0 Å². The lowest BCUT2D eigenvalue weighted by Crippen LogP contribution is -2.23. The van der Waals surface area contributed by atoms with Gasteiger partial charge in [-0.15, -0.1) is 0 Å². The molecule has 72 valence electrons. The molecule has 1 heteroatoms. The van der Waals surface area contributed by atoms with Crippen molar-refractivity contribution in [3.8, 4) is 5.75 Å². The Balaban J connectivity index is 2.36. The predicted octanol–water partition coefficient (Wildman–Crippen LogP) is 1.65. The Morgan fingerprint density at radius 3 is 2.40 bits per heavy atom. The Morgan fingerprint density at radius 2 is 1.47 bits per heavy atom. The molecule has 0 aromatic heterocycles. The average Bonchev–Trinajstić information content (AvgIpc) is 2.48. The molecular formula is C14H10O. The van der Waals surface area contributed by atoms with E-state index < -0.39 is 0 Å². The Kier molecular flexibility index (Phi) is 1.82. The third-order valence-corrected chi connectivity index (χ3v) is 2.54. The summed E-state index contributed by atoms with van der Waals surface area (Å²) in [6, 6.07) is 16.2. The lowest BCUT2D eigenvalue weighted by molar-refractivity contribution is 0.539. The van der Waals surface area contributed by atoms with Crippen LogP contribution < -0.4 is 15.2 Å². The summed E-state index contributed by atoms with van der Waals surface area (Å²) in [7, 11) is 0. The van der Waals surface area contributed by atoms with E-state index in [2.05, 4.69) is 24.3 Å². The molecule has 2 aromatic rings. The normalized spacial score (nSPS) is 12.3. The first-order valence-corrected chi connectivity index (χ1v) is 4.96. The van der Waals surface area contributed by atoms with Crippen LogP contribution in [0.3, 0.4) is 0 Å². The van der Waals surface area contributed by atoms with Crippen LogP contribution in [0.25, 0.3) is 12.3 Å². The summed E-state index contributed by atoms with van der Waals surface area (Å²) >= 11 is 0. The lowest BCUT2D eigenvalue weighted by atomic mass is 10.1. The van der Waals surface area contributed by atoms with Crippen LogP contribution in [-0.2, 0) is 0 Å². The maximum absolute atomic E-state index is 5.62. The number of hydrogen-bond donors (Lipinski definition) is 0. The quantitative estimate of drug-likeness (QED) is 0.619. The SMILES string of the molecule is C1=c2ccccc2=Cc2ccccc2O1. The number of para-hydroxylation sites is 1. The van der Waals surface area contributed by atoms with Gasteiger partial charge in [0.25, 0.3) is 0 Å². The van der Waals surface area contributed by atoms with Crippen molar-refractivity contribution in [3.05, 3.63) is 64.5 Å². The predicted molar refractivity (Wildman–Crippen MR) is 60.8 cm³/mol. The van der Waals surface area contributed by atoms with E-state index in [0.717, 1.165) is 16.5 Å². The molecule has 0 atom stereocenters. The van der Waals surface area contributed by atoms with Crippen molar-refractivity contribution in [1.82, 2.24) is 0 Å². The van der Waals surface area contributed by atoms with E-state index in [1.807, 2.05) is 30.3 Å². The highest BCUT2D eigenvalue weighted by Gasteiger charge is 2.01. The molecule has 0 amide bonds. The molecule has 0 saturated carbocycles. The standard InChI is InChI=1S/C14H10O/c1-2-7-13-10-15-14-8-4-3-6-12(14)9-11(13)5-1/h1-10H. The molecule has 1 aliphatic heterocycles. The highest BCUT2D eigenvalue weighted by atomic mass is 16.5. The molecular weight excluding hydrogens is 184 g/mol. The molecule has 1 aliphatic rings. The minimum Gasteiger partial charge on any atom is -0.464 e. The van der Waals surface area contributed by atoms with E-state index in [4.69, 9.17) is 4.74 Å². The fourth-order valence-electron chi connectivity index (χ4n) is 1.75. The maximum atomic E-state index is 5.62. The van der Waals surface area contributed by atoms with Crippen LogP contribution in [0, 0.1) is 0 Å². The molecule has 15 heavy (non-hydrogen) atoms. The van der Waals surface area contributed by atoms with Crippen molar-refractivity contribution in [2.75, 3.05) is 0 Å². The molecule has 0 bridgehead atoms. The van der Waals surface area contributed by atoms with Crippen molar-refractivity contribution in [3.63, 3.8) is 0 Å². The minimum atomic E-state index is 0.911. The van der Waals surface area contributed by atoms with Crippen LogP contribution in [0.2, 0.25) is 0 Å². The summed E-state index contributed by atoms with van der Waals surface area (Å²) < 4.78 is 5.62. The van der Waals surface area contributed by atoms with Gasteiger partial charge in [-0.3, -0.25) is 0 Å². The summed E-state index contributed by atoms with van der Waals surface area (Å²) in [5.74, 6) is 0.911. The average molecular weight is 194 g/mol. The Hall–Kier alpha value is -2.02. The molecule has 1 nitrogen and oxygen atoms in total. The van der Waals surface area contributed by atoms with Gasteiger partial charge in [0.2, 0.25) is 0 Å². The molecule has 0 N–H and O–H groups in total. The summed E-state index contributed by atoms with van der Waals surface area (Å²) in [6.07, 6.45) is 3.95. The third-order valence-electron chi connectivity index (χ3n) is 2.54. The molecule has 0 unspecified atom stereocenters. The summed E-state index contributed by atoms with van der Waals surface area (Å²) in [6.45, 7) is 0. The molecule has 3 rings (SSSR count). The van der Waals surface area contributed by atoms with Crippen LogP contribution in [0.5, 0.6) is 5.75 Å². The molecule has 0 fully saturated rings. The van der Waals surface area contributed by atoms with Gasteiger partial charge in [0.15, 0.2) is 0 Å². The van der Waals surface area contributed by atoms with Gasteiger partial charge < -0.3 is 4.74 Å². The van der Waals surface area contributed by atoms with Crippen molar-refractivity contribution in [2.24, 2.45) is 0 Å². The van der Waals surface area contributed by atoms with Gasteiger partial charge >= 0.3 is 0 Å². The molecule has 0 spiro atoms. The third kappa shape index (κ3) is 1.42. The van der Waals surface area contributed by atoms with E-state index in [0.29, 0.717) is 0 Å². The van der Waals surface area contributed by atoms with Crippen LogP contribution in [0.1, 0.15) is 5.56 Å². The fourth-order valence-corrected chi connectivity index (χ4v) is 1.75. The zero-order valence-electron chi connectivity index (χ0n) is 8.18. The highest BCUT2D eigenvalue weighted by molar-refractivity contribution is 5.59. The van der Waals surface area contributed by atoms with Crippen molar-refractivity contribution < 1.29 is 4.74 Å². The van der Waals surface area contributed by atoms with E-state index in [1.165, 1.54) is 5.22 Å². The Bertz CT molecular complexity index is 611. The second-order valence-corrected chi connectivity index (χ2v) is 3.55. The molecule has 0 radical (unpaired) electrons. The Labute approximate surface area is 87.9 Å². The number of benzene rings is 2. The van der Waals surface area contributed by atoms with E-state index in [1.54, 1.807) is 6.26 Å². The van der Waals surface area contributed by atoms with Crippen LogP contribution in [0.15, 0.2) is 48.5 Å². The largest absolute Gasteiger partial charge is 0.464 e. The summed E-state index contributed by atoms with van der Waals surface area (Å²) in [5, 5.41) is 2.32.